The van der Waals surface area contributed by atoms with E-state index in [0.717, 1.165) is 17.8 Å². The van der Waals surface area contributed by atoms with Crippen LogP contribution in [0.15, 0.2) is 12.5 Å². The Morgan fingerprint density at radius 1 is 1.27 bits per heavy atom. The minimum absolute atomic E-state index is 0.0492. The summed E-state index contributed by atoms with van der Waals surface area (Å²) >= 11 is 6.12. The molecule has 2 aliphatic rings. The normalized spacial score (nSPS) is 18.9. The molecule has 1 saturated heterocycles. The molecule has 2 amide bonds. The van der Waals surface area contributed by atoms with Crippen molar-refractivity contribution >= 4 is 23.4 Å². The number of aryl methyl sites for hydroxylation is 1. The molecule has 26 heavy (non-hydrogen) atoms. The fourth-order valence-electron chi connectivity index (χ4n) is 4.32. The minimum Gasteiger partial charge on any atom is -0.348 e. The molecule has 1 spiro atoms. The third-order valence-corrected chi connectivity index (χ3v) is 5.89. The van der Waals surface area contributed by atoms with Crippen LogP contribution >= 0.6 is 11.6 Å². The van der Waals surface area contributed by atoms with E-state index >= 15 is 0 Å². The van der Waals surface area contributed by atoms with Gasteiger partial charge in [-0.25, -0.2) is 4.98 Å². The van der Waals surface area contributed by atoms with Crippen molar-refractivity contribution in [3.63, 3.8) is 0 Å². The molecular formula is C17H21ClN6O2. The number of amides is 2. The van der Waals surface area contributed by atoms with Gasteiger partial charge in [-0.05, 0) is 12.8 Å². The van der Waals surface area contributed by atoms with Crippen LogP contribution < -0.4 is 0 Å². The SMILES string of the molecule is CC(=O)N1CCc2[nH]cnc2C12CCN(C(=O)c1c(Cl)cnn1C)CC2. The van der Waals surface area contributed by atoms with Crippen molar-refractivity contribution in [2.24, 2.45) is 7.05 Å². The zero-order chi connectivity index (χ0) is 18.5. The van der Waals surface area contributed by atoms with Crippen LogP contribution in [0.2, 0.25) is 5.02 Å². The summed E-state index contributed by atoms with van der Waals surface area (Å²) in [4.78, 5) is 36.6. The molecule has 1 fully saturated rings. The second-order valence-electron chi connectivity index (χ2n) is 6.94. The Labute approximate surface area is 156 Å². The van der Waals surface area contributed by atoms with Crippen molar-refractivity contribution in [1.82, 2.24) is 29.5 Å². The molecule has 2 aromatic rings. The Bertz CT molecular complexity index is 845. The van der Waals surface area contributed by atoms with Gasteiger partial charge < -0.3 is 14.8 Å². The fourth-order valence-corrected chi connectivity index (χ4v) is 4.57. The van der Waals surface area contributed by atoms with Gasteiger partial charge in [0.15, 0.2) is 0 Å². The van der Waals surface area contributed by atoms with Gasteiger partial charge in [0, 0.05) is 45.7 Å². The Balaban J connectivity index is 1.61. The molecule has 0 bridgehead atoms. The maximum Gasteiger partial charge on any atom is 0.273 e. The van der Waals surface area contributed by atoms with Gasteiger partial charge in [-0.3, -0.25) is 14.3 Å². The number of carbonyl (C=O) groups is 2. The average Bonchev–Trinajstić information content (AvgIpc) is 3.22. The average molecular weight is 377 g/mol. The highest BCUT2D eigenvalue weighted by Gasteiger charge is 2.48. The second kappa shape index (κ2) is 6.12. The third-order valence-electron chi connectivity index (χ3n) is 5.62. The lowest BCUT2D eigenvalue weighted by Crippen LogP contribution is -2.58. The minimum atomic E-state index is -0.438. The predicted molar refractivity (Wildman–Crippen MR) is 94.7 cm³/mol. The van der Waals surface area contributed by atoms with E-state index in [1.165, 1.54) is 10.9 Å². The number of hydrogen-bond donors (Lipinski definition) is 1. The van der Waals surface area contributed by atoms with Crippen LogP contribution in [0, 0.1) is 0 Å². The first-order chi connectivity index (χ1) is 12.4. The molecule has 0 radical (unpaired) electrons. The van der Waals surface area contributed by atoms with Crippen LogP contribution in [0.5, 0.6) is 0 Å². The number of halogens is 1. The van der Waals surface area contributed by atoms with E-state index in [2.05, 4.69) is 15.1 Å². The monoisotopic (exact) mass is 376 g/mol. The molecular weight excluding hydrogens is 356 g/mol. The molecule has 4 heterocycles. The van der Waals surface area contributed by atoms with Crippen molar-refractivity contribution in [1.29, 1.82) is 0 Å². The topological polar surface area (TPSA) is 87.1 Å². The summed E-state index contributed by atoms with van der Waals surface area (Å²) in [7, 11) is 1.71. The summed E-state index contributed by atoms with van der Waals surface area (Å²) in [5.74, 6) is -0.0783. The first kappa shape index (κ1) is 17.1. The molecule has 1 N–H and O–H groups in total. The lowest BCUT2D eigenvalue weighted by atomic mass is 9.78. The number of H-pyrrole nitrogens is 1. The number of piperidine rings is 1. The molecule has 2 aliphatic heterocycles. The van der Waals surface area contributed by atoms with Crippen molar-refractivity contribution in [2.45, 2.75) is 31.7 Å². The summed E-state index contributed by atoms with van der Waals surface area (Å²) < 4.78 is 1.50. The van der Waals surface area contributed by atoms with Crippen molar-refractivity contribution < 1.29 is 9.59 Å². The molecule has 0 saturated carbocycles. The number of hydrogen-bond acceptors (Lipinski definition) is 4. The van der Waals surface area contributed by atoms with Crippen LogP contribution in [0.1, 0.15) is 41.6 Å². The summed E-state index contributed by atoms with van der Waals surface area (Å²) in [6.07, 6.45) is 5.28. The van der Waals surface area contributed by atoms with Gasteiger partial charge in [0.25, 0.3) is 5.91 Å². The molecule has 8 nitrogen and oxygen atoms in total. The van der Waals surface area contributed by atoms with Gasteiger partial charge in [-0.1, -0.05) is 11.6 Å². The van der Waals surface area contributed by atoms with Crippen LogP contribution in [0.4, 0.5) is 0 Å². The molecule has 0 aromatic carbocycles. The quantitative estimate of drug-likeness (QED) is 0.813. The van der Waals surface area contributed by atoms with Gasteiger partial charge >= 0.3 is 0 Å². The largest absolute Gasteiger partial charge is 0.348 e. The molecule has 138 valence electrons. The molecule has 0 aliphatic carbocycles. The Morgan fingerprint density at radius 3 is 2.62 bits per heavy atom. The lowest BCUT2D eigenvalue weighted by molar-refractivity contribution is -0.139. The Hall–Kier alpha value is -2.35. The number of rotatable bonds is 1. The third kappa shape index (κ3) is 2.43. The van der Waals surface area contributed by atoms with E-state index in [-0.39, 0.29) is 11.8 Å². The number of imidazole rings is 1. The smallest absolute Gasteiger partial charge is 0.273 e. The van der Waals surface area contributed by atoms with Gasteiger partial charge in [-0.2, -0.15) is 5.10 Å². The Kier molecular flexibility index (Phi) is 4.02. The fraction of sp³-hybridized carbons (Fsp3) is 0.529. The predicted octanol–water partition coefficient (Wildman–Crippen LogP) is 1.33. The number of nitrogens with zero attached hydrogens (tertiary/aromatic N) is 5. The number of fused-ring (bicyclic) bond motifs is 2. The number of likely N-dealkylation sites (tertiary alicyclic amines) is 1. The van der Waals surface area contributed by atoms with Crippen LogP contribution in [0.3, 0.4) is 0 Å². The number of aromatic nitrogens is 4. The standard InChI is InChI=1S/C17H21ClN6O2/c1-11(25)24-6-3-13-15(20-10-19-13)17(24)4-7-23(8-5-17)16(26)14-12(18)9-21-22(14)2/h9-10H,3-8H2,1-2H3,(H,19,20). The van der Waals surface area contributed by atoms with Crippen molar-refractivity contribution in [3.05, 3.63) is 34.6 Å². The second-order valence-corrected chi connectivity index (χ2v) is 7.35. The summed E-state index contributed by atoms with van der Waals surface area (Å²) in [6, 6.07) is 0. The van der Waals surface area contributed by atoms with E-state index in [9.17, 15) is 9.59 Å². The van der Waals surface area contributed by atoms with Crippen LogP contribution in [0.25, 0.3) is 0 Å². The van der Waals surface area contributed by atoms with Crippen LogP contribution in [-0.2, 0) is 23.8 Å². The number of nitrogens with one attached hydrogen (secondary N) is 1. The summed E-state index contributed by atoms with van der Waals surface area (Å²) in [5.41, 5.74) is 2.00. The molecule has 4 rings (SSSR count). The summed E-state index contributed by atoms with van der Waals surface area (Å²) in [5, 5.41) is 4.40. The van der Waals surface area contributed by atoms with Gasteiger partial charge in [-0.15, -0.1) is 0 Å². The highest BCUT2D eigenvalue weighted by Crippen LogP contribution is 2.42. The molecule has 2 aromatic heterocycles. The summed E-state index contributed by atoms with van der Waals surface area (Å²) in [6.45, 7) is 3.35. The zero-order valence-electron chi connectivity index (χ0n) is 14.8. The lowest BCUT2D eigenvalue weighted by Gasteiger charge is -2.50. The van der Waals surface area contributed by atoms with E-state index < -0.39 is 5.54 Å². The molecule has 0 unspecified atom stereocenters. The van der Waals surface area contributed by atoms with Crippen molar-refractivity contribution in [2.75, 3.05) is 19.6 Å². The van der Waals surface area contributed by atoms with Crippen LogP contribution in [-0.4, -0.2) is 61.0 Å². The number of aromatic amines is 1. The highest BCUT2D eigenvalue weighted by molar-refractivity contribution is 6.33. The Morgan fingerprint density at radius 2 is 2.00 bits per heavy atom. The van der Waals surface area contributed by atoms with E-state index in [0.29, 0.717) is 43.2 Å². The highest BCUT2D eigenvalue weighted by atomic mass is 35.5. The number of carbonyl (C=O) groups excluding carboxylic acids is 2. The van der Waals surface area contributed by atoms with Gasteiger partial charge in [0.1, 0.15) is 5.69 Å². The molecule has 9 heteroatoms. The maximum atomic E-state index is 12.9. The first-order valence-electron chi connectivity index (χ1n) is 8.72. The first-order valence-corrected chi connectivity index (χ1v) is 9.09. The molecule has 0 atom stereocenters. The van der Waals surface area contributed by atoms with E-state index in [1.807, 2.05) is 4.90 Å². The van der Waals surface area contributed by atoms with Gasteiger partial charge in [0.05, 0.1) is 28.8 Å². The van der Waals surface area contributed by atoms with E-state index in [4.69, 9.17) is 11.6 Å². The van der Waals surface area contributed by atoms with Crippen molar-refractivity contribution in [3.8, 4) is 0 Å². The van der Waals surface area contributed by atoms with Gasteiger partial charge in [0.2, 0.25) is 5.91 Å². The maximum absolute atomic E-state index is 12.9. The van der Waals surface area contributed by atoms with E-state index in [1.54, 1.807) is 25.2 Å². The zero-order valence-corrected chi connectivity index (χ0v) is 15.6.